The van der Waals surface area contributed by atoms with Crippen LogP contribution in [0.4, 0.5) is 16.0 Å². The van der Waals surface area contributed by atoms with Crippen molar-refractivity contribution >= 4 is 17.5 Å². The van der Waals surface area contributed by atoms with Crippen LogP contribution in [0.25, 0.3) is 0 Å². The predicted molar refractivity (Wildman–Crippen MR) is 109 cm³/mol. The third-order valence-electron chi connectivity index (χ3n) is 4.81. The van der Waals surface area contributed by atoms with Crippen molar-refractivity contribution in [2.75, 3.05) is 23.3 Å². The van der Waals surface area contributed by atoms with Crippen LogP contribution in [0.2, 0.25) is 0 Å². The highest BCUT2D eigenvalue weighted by Crippen LogP contribution is 2.20. The molecule has 0 bridgehead atoms. The number of carbonyl (C=O) groups excluding carboxylic acids is 1. The molecule has 4 heterocycles. The molecular weight excluding hydrogens is 385 g/mol. The number of aromatic nitrogens is 4. The number of hydrogen-bond donors (Lipinski definition) is 1. The lowest BCUT2D eigenvalue weighted by atomic mass is 10.2. The summed E-state index contributed by atoms with van der Waals surface area (Å²) in [7, 11) is 0. The quantitative estimate of drug-likeness (QED) is 0.676. The number of pyridine rings is 2. The highest BCUT2D eigenvalue weighted by Gasteiger charge is 2.22. The Morgan fingerprint density at radius 3 is 2.80 bits per heavy atom. The number of nitrogens with zero attached hydrogens (tertiary/aromatic N) is 6. The summed E-state index contributed by atoms with van der Waals surface area (Å²) in [6.45, 7) is 1.46. The maximum atomic E-state index is 13.3. The Morgan fingerprint density at radius 1 is 1.23 bits per heavy atom. The van der Waals surface area contributed by atoms with E-state index >= 15 is 0 Å². The number of rotatable bonds is 6. The summed E-state index contributed by atoms with van der Waals surface area (Å²) in [5, 5.41) is 15.9. The van der Waals surface area contributed by atoms with Crippen LogP contribution in [0.1, 0.15) is 23.2 Å². The van der Waals surface area contributed by atoms with E-state index in [1.165, 1.54) is 6.20 Å². The number of hydrogen-bond acceptors (Lipinski definition) is 6. The van der Waals surface area contributed by atoms with Crippen LogP contribution in [0, 0.1) is 11.3 Å². The van der Waals surface area contributed by atoms with Crippen LogP contribution >= 0.6 is 0 Å². The minimum atomic E-state index is -0.801. The first-order valence-electron chi connectivity index (χ1n) is 9.61. The van der Waals surface area contributed by atoms with Crippen molar-refractivity contribution in [1.82, 2.24) is 19.7 Å². The van der Waals surface area contributed by atoms with E-state index in [0.29, 0.717) is 37.4 Å². The minimum Gasteiger partial charge on any atom is -0.354 e. The molecule has 3 aromatic heterocycles. The fourth-order valence-electron chi connectivity index (χ4n) is 3.27. The van der Waals surface area contributed by atoms with Gasteiger partial charge in [-0.15, -0.1) is 0 Å². The molecular formula is C21H20FN7O. The van der Waals surface area contributed by atoms with Gasteiger partial charge in [-0.25, -0.2) is 9.37 Å². The molecule has 152 valence electrons. The van der Waals surface area contributed by atoms with E-state index in [1.807, 2.05) is 23.1 Å². The molecule has 1 saturated heterocycles. The number of halogens is 1. The summed E-state index contributed by atoms with van der Waals surface area (Å²) in [5.74, 6) is 0.982. The normalized spacial score (nSPS) is 15.7. The zero-order valence-corrected chi connectivity index (χ0v) is 16.2. The molecule has 1 atom stereocenters. The molecule has 1 amide bonds. The molecule has 3 aromatic rings. The smallest absolute Gasteiger partial charge is 0.230 e. The van der Waals surface area contributed by atoms with E-state index in [9.17, 15) is 9.18 Å². The molecule has 1 fully saturated rings. The highest BCUT2D eigenvalue weighted by molar-refractivity contribution is 5.91. The Balaban J connectivity index is 1.30. The van der Waals surface area contributed by atoms with Crippen LogP contribution < -0.4 is 10.2 Å². The first-order valence-corrected chi connectivity index (χ1v) is 9.61. The van der Waals surface area contributed by atoms with Gasteiger partial charge in [0.1, 0.15) is 18.1 Å². The summed E-state index contributed by atoms with van der Waals surface area (Å²) in [4.78, 5) is 22.8. The van der Waals surface area contributed by atoms with Gasteiger partial charge < -0.3 is 10.2 Å². The second-order valence-corrected chi connectivity index (χ2v) is 7.13. The van der Waals surface area contributed by atoms with Gasteiger partial charge in [0.15, 0.2) is 5.82 Å². The molecule has 30 heavy (non-hydrogen) atoms. The monoisotopic (exact) mass is 405 g/mol. The molecule has 0 aliphatic carbocycles. The van der Waals surface area contributed by atoms with E-state index in [-0.39, 0.29) is 12.3 Å². The van der Waals surface area contributed by atoms with Crippen molar-refractivity contribution in [3.8, 4) is 6.07 Å². The summed E-state index contributed by atoms with van der Waals surface area (Å²) < 4.78 is 15.0. The van der Waals surface area contributed by atoms with Gasteiger partial charge in [-0.2, -0.15) is 10.4 Å². The van der Waals surface area contributed by atoms with E-state index in [1.54, 1.807) is 35.3 Å². The lowest BCUT2D eigenvalue weighted by Gasteiger charge is -2.16. The molecule has 0 unspecified atom stereocenters. The molecule has 9 heteroatoms. The standard InChI is InChI=1S/C21H20FN7O/c22-17-5-7-28(13-17)20-4-2-15(11-25-20)9-21(30)26-19-6-8-29(27-19)14-18-3-1-16(10-23)12-24-18/h1-4,6,8,11-12,17H,5,7,9,13-14H2,(H,26,27,30)/t17-/m1/s1. The zero-order valence-electron chi connectivity index (χ0n) is 16.2. The Labute approximate surface area is 173 Å². The molecule has 0 saturated carbocycles. The number of nitrogens with one attached hydrogen (secondary N) is 1. The fraction of sp³-hybridized carbons (Fsp3) is 0.286. The second kappa shape index (κ2) is 8.69. The van der Waals surface area contributed by atoms with Crippen LogP contribution in [0.3, 0.4) is 0 Å². The molecule has 0 spiro atoms. The Hall–Kier alpha value is -3.80. The third-order valence-corrected chi connectivity index (χ3v) is 4.81. The summed E-state index contributed by atoms with van der Waals surface area (Å²) in [5.41, 5.74) is 2.04. The number of amides is 1. The Morgan fingerprint density at radius 2 is 2.13 bits per heavy atom. The molecule has 0 radical (unpaired) electrons. The van der Waals surface area contributed by atoms with Gasteiger partial charge in [0, 0.05) is 31.2 Å². The third kappa shape index (κ3) is 4.78. The number of anilines is 2. The van der Waals surface area contributed by atoms with Crippen LogP contribution in [-0.2, 0) is 17.8 Å². The second-order valence-electron chi connectivity index (χ2n) is 7.13. The predicted octanol–water partition coefficient (Wildman–Crippen LogP) is 2.32. The van der Waals surface area contributed by atoms with Crippen molar-refractivity contribution in [2.45, 2.75) is 25.6 Å². The van der Waals surface area contributed by atoms with Gasteiger partial charge in [-0.05, 0) is 30.2 Å². The molecule has 8 nitrogen and oxygen atoms in total. The highest BCUT2D eigenvalue weighted by atomic mass is 19.1. The van der Waals surface area contributed by atoms with Gasteiger partial charge in [0.25, 0.3) is 0 Å². The van der Waals surface area contributed by atoms with Crippen LogP contribution in [-0.4, -0.2) is 44.9 Å². The fourth-order valence-corrected chi connectivity index (χ4v) is 3.27. The number of alkyl halides is 1. The van der Waals surface area contributed by atoms with Gasteiger partial charge in [0.05, 0.1) is 30.8 Å². The van der Waals surface area contributed by atoms with Gasteiger partial charge in [-0.1, -0.05) is 6.07 Å². The minimum absolute atomic E-state index is 0.170. The summed E-state index contributed by atoms with van der Waals surface area (Å²) >= 11 is 0. The average molecular weight is 405 g/mol. The van der Waals surface area contributed by atoms with Gasteiger partial charge >= 0.3 is 0 Å². The molecule has 1 N–H and O–H groups in total. The summed E-state index contributed by atoms with van der Waals surface area (Å²) in [6.07, 6.45) is 4.81. The number of nitriles is 1. The van der Waals surface area contributed by atoms with Crippen molar-refractivity contribution in [3.63, 3.8) is 0 Å². The zero-order chi connectivity index (χ0) is 20.9. The van der Waals surface area contributed by atoms with E-state index in [0.717, 1.165) is 17.1 Å². The summed E-state index contributed by atoms with van der Waals surface area (Å²) in [6, 6.07) is 10.9. The largest absolute Gasteiger partial charge is 0.354 e. The van der Waals surface area contributed by atoms with E-state index < -0.39 is 6.17 Å². The molecule has 1 aliphatic heterocycles. The molecule has 1 aliphatic rings. The van der Waals surface area contributed by atoms with Crippen molar-refractivity contribution in [1.29, 1.82) is 5.26 Å². The SMILES string of the molecule is N#Cc1ccc(Cn2ccc(NC(=O)Cc3ccc(N4CC[C@@H](F)C4)nc3)n2)nc1. The topological polar surface area (TPSA) is 99.7 Å². The van der Waals surface area contributed by atoms with Gasteiger partial charge in [-0.3, -0.25) is 14.5 Å². The van der Waals surface area contributed by atoms with Crippen molar-refractivity contribution in [3.05, 3.63) is 65.7 Å². The lowest BCUT2D eigenvalue weighted by molar-refractivity contribution is -0.115. The average Bonchev–Trinajstić information content (AvgIpc) is 3.38. The maximum absolute atomic E-state index is 13.3. The van der Waals surface area contributed by atoms with E-state index in [4.69, 9.17) is 5.26 Å². The first-order chi connectivity index (χ1) is 14.6. The van der Waals surface area contributed by atoms with Gasteiger partial charge in [0.2, 0.25) is 5.91 Å². The lowest BCUT2D eigenvalue weighted by Crippen LogP contribution is -2.21. The number of carbonyl (C=O) groups is 1. The van der Waals surface area contributed by atoms with Crippen molar-refractivity contribution < 1.29 is 9.18 Å². The van der Waals surface area contributed by atoms with E-state index in [2.05, 4.69) is 20.4 Å². The van der Waals surface area contributed by atoms with Crippen LogP contribution in [0.5, 0.6) is 0 Å². The first kappa shape index (κ1) is 19.5. The van der Waals surface area contributed by atoms with Crippen molar-refractivity contribution in [2.24, 2.45) is 0 Å². The molecule has 4 rings (SSSR count). The maximum Gasteiger partial charge on any atom is 0.230 e. The molecule has 0 aromatic carbocycles. The van der Waals surface area contributed by atoms with Crippen LogP contribution in [0.15, 0.2) is 48.9 Å². The Bertz CT molecular complexity index is 1060. The Kier molecular flexibility index (Phi) is 5.66.